The summed E-state index contributed by atoms with van der Waals surface area (Å²) in [6, 6.07) is 14.2. The Hall–Kier alpha value is -2.50. The van der Waals surface area contributed by atoms with E-state index in [1.165, 1.54) is 0 Å². The highest BCUT2D eigenvalue weighted by molar-refractivity contribution is 5.86. The molecule has 0 radical (unpaired) electrons. The summed E-state index contributed by atoms with van der Waals surface area (Å²) in [5.74, 6) is 0.268. The van der Waals surface area contributed by atoms with Crippen LogP contribution in [0, 0.1) is 0 Å². The number of rotatable bonds is 10. The molecular formula is C23H28O5. The first-order chi connectivity index (χ1) is 13.7. The summed E-state index contributed by atoms with van der Waals surface area (Å²) in [5.41, 5.74) is 0.868. The summed E-state index contributed by atoms with van der Waals surface area (Å²) in [5, 5.41) is 2.13. The van der Waals surface area contributed by atoms with Crippen molar-refractivity contribution in [2.24, 2.45) is 0 Å². The van der Waals surface area contributed by atoms with E-state index in [1.807, 2.05) is 52.0 Å². The monoisotopic (exact) mass is 384 g/mol. The van der Waals surface area contributed by atoms with Crippen molar-refractivity contribution >= 4 is 10.8 Å². The average molecular weight is 384 g/mol. The molecule has 3 aromatic rings. The lowest BCUT2D eigenvalue weighted by Gasteiger charge is -2.33. The van der Waals surface area contributed by atoms with Crippen LogP contribution in [0.15, 0.2) is 53.1 Å². The van der Waals surface area contributed by atoms with Gasteiger partial charge in [-0.1, -0.05) is 42.5 Å². The molecular weight excluding hydrogens is 356 g/mol. The van der Waals surface area contributed by atoms with Gasteiger partial charge < -0.3 is 23.4 Å². The zero-order chi connectivity index (χ0) is 20.0. The number of hydrogen-bond acceptors (Lipinski definition) is 5. The average Bonchev–Trinajstić information content (AvgIpc) is 3.11. The van der Waals surface area contributed by atoms with Crippen molar-refractivity contribution in [2.45, 2.75) is 33.5 Å². The van der Waals surface area contributed by atoms with Crippen molar-refractivity contribution < 1.29 is 23.4 Å². The van der Waals surface area contributed by atoms with E-state index in [4.69, 9.17) is 23.4 Å². The Balaban J connectivity index is 2.30. The van der Waals surface area contributed by atoms with Crippen LogP contribution in [0.2, 0.25) is 0 Å². The molecule has 3 rings (SSSR count). The predicted molar refractivity (Wildman–Crippen MR) is 109 cm³/mol. The van der Waals surface area contributed by atoms with E-state index in [2.05, 4.69) is 18.2 Å². The molecule has 0 aliphatic rings. The lowest BCUT2D eigenvalue weighted by Crippen LogP contribution is -2.35. The van der Waals surface area contributed by atoms with Gasteiger partial charge >= 0.3 is 0 Å². The Bertz CT molecular complexity index is 888. The lowest BCUT2D eigenvalue weighted by molar-refractivity contribution is -0.222. The summed E-state index contributed by atoms with van der Waals surface area (Å²) < 4.78 is 30.2. The lowest BCUT2D eigenvalue weighted by atomic mass is 9.95. The molecule has 150 valence electrons. The van der Waals surface area contributed by atoms with Crippen molar-refractivity contribution in [1.82, 2.24) is 0 Å². The van der Waals surface area contributed by atoms with Gasteiger partial charge in [0, 0.05) is 18.8 Å². The zero-order valence-electron chi connectivity index (χ0n) is 17.0. The van der Waals surface area contributed by atoms with E-state index >= 15 is 0 Å². The standard InChI is InChI=1S/C23H28O5/c1-5-24-20-16-26-22(21(20)25-6-2)23(27-7-3,28-8-4)19-15-11-13-17-12-9-10-14-18(17)19/h9-16H,5-8H2,1-4H3. The molecule has 0 atom stereocenters. The molecule has 5 nitrogen and oxygen atoms in total. The van der Waals surface area contributed by atoms with E-state index in [1.54, 1.807) is 6.26 Å². The molecule has 0 unspecified atom stereocenters. The van der Waals surface area contributed by atoms with E-state index in [9.17, 15) is 0 Å². The van der Waals surface area contributed by atoms with E-state index < -0.39 is 5.79 Å². The first kappa shape index (κ1) is 20.2. The van der Waals surface area contributed by atoms with E-state index in [0.717, 1.165) is 16.3 Å². The minimum Gasteiger partial charge on any atom is -0.487 e. The maximum atomic E-state index is 6.28. The second-order valence-electron chi connectivity index (χ2n) is 6.13. The number of ether oxygens (including phenoxy) is 4. The predicted octanol–water partition coefficient (Wildman–Crippen LogP) is 5.50. The summed E-state index contributed by atoms with van der Waals surface area (Å²) in [6.45, 7) is 9.55. The number of hydrogen-bond donors (Lipinski definition) is 0. The van der Waals surface area contributed by atoms with Gasteiger partial charge in [-0.05, 0) is 38.5 Å². The molecule has 0 fully saturated rings. The summed E-state index contributed by atoms with van der Waals surface area (Å²) in [6.07, 6.45) is 1.56. The Kier molecular flexibility index (Phi) is 6.60. The zero-order valence-corrected chi connectivity index (χ0v) is 17.0. The number of benzene rings is 2. The maximum Gasteiger partial charge on any atom is 0.260 e. The SMILES string of the molecule is CCOc1coc(C(OCC)(OCC)c2cccc3ccccc23)c1OCC. The van der Waals surface area contributed by atoms with Gasteiger partial charge in [0.1, 0.15) is 6.26 Å². The van der Waals surface area contributed by atoms with Crippen molar-refractivity contribution in [3.05, 3.63) is 60.1 Å². The van der Waals surface area contributed by atoms with Crippen molar-refractivity contribution in [3.8, 4) is 11.5 Å². The molecule has 28 heavy (non-hydrogen) atoms. The van der Waals surface area contributed by atoms with Crippen molar-refractivity contribution in [1.29, 1.82) is 0 Å². The number of furan rings is 1. The van der Waals surface area contributed by atoms with Gasteiger partial charge in [-0.2, -0.15) is 0 Å². The molecule has 5 heteroatoms. The molecule has 0 amide bonds. The van der Waals surface area contributed by atoms with Crippen LogP contribution in [0.4, 0.5) is 0 Å². The normalized spacial score (nSPS) is 11.7. The third-order valence-electron chi connectivity index (χ3n) is 4.44. The van der Waals surface area contributed by atoms with E-state index in [-0.39, 0.29) is 0 Å². The van der Waals surface area contributed by atoms with Gasteiger partial charge in [-0.25, -0.2) is 0 Å². The van der Waals surface area contributed by atoms with Gasteiger partial charge in [0.05, 0.1) is 13.2 Å². The van der Waals surface area contributed by atoms with Crippen LogP contribution >= 0.6 is 0 Å². The summed E-state index contributed by atoms with van der Waals surface area (Å²) in [4.78, 5) is 0. The largest absolute Gasteiger partial charge is 0.487 e. The smallest absolute Gasteiger partial charge is 0.260 e. The minimum absolute atomic E-state index is 0.430. The minimum atomic E-state index is -1.25. The molecule has 1 aromatic heterocycles. The fraction of sp³-hybridized carbons (Fsp3) is 0.391. The molecule has 0 saturated carbocycles. The molecule has 1 heterocycles. The summed E-state index contributed by atoms with van der Waals surface area (Å²) in [7, 11) is 0. The summed E-state index contributed by atoms with van der Waals surface area (Å²) >= 11 is 0. The topological polar surface area (TPSA) is 50.1 Å². The Morgan fingerprint density at radius 3 is 2.14 bits per heavy atom. The number of fused-ring (bicyclic) bond motifs is 1. The highest BCUT2D eigenvalue weighted by Crippen LogP contribution is 2.47. The van der Waals surface area contributed by atoms with Crippen LogP contribution in [0.5, 0.6) is 11.5 Å². The molecule has 0 N–H and O–H groups in total. The fourth-order valence-electron chi connectivity index (χ4n) is 3.46. The van der Waals surface area contributed by atoms with E-state index in [0.29, 0.717) is 43.7 Å². The first-order valence-corrected chi connectivity index (χ1v) is 9.85. The fourth-order valence-corrected chi connectivity index (χ4v) is 3.46. The Labute approximate surface area is 166 Å². The van der Waals surface area contributed by atoms with Crippen molar-refractivity contribution in [2.75, 3.05) is 26.4 Å². The molecule has 0 aliphatic carbocycles. The Morgan fingerprint density at radius 1 is 0.786 bits per heavy atom. The third-order valence-corrected chi connectivity index (χ3v) is 4.44. The van der Waals surface area contributed by atoms with Gasteiger partial charge in [-0.15, -0.1) is 0 Å². The maximum absolute atomic E-state index is 6.28. The van der Waals surface area contributed by atoms with Gasteiger partial charge in [0.15, 0.2) is 5.75 Å². The van der Waals surface area contributed by atoms with Crippen LogP contribution in [-0.2, 0) is 15.3 Å². The van der Waals surface area contributed by atoms with Crippen LogP contribution in [-0.4, -0.2) is 26.4 Å². The Morgan fingerprint density at radius 2 is 1.46 bits per heavy atom. The van der Waals surface area contributed by atoms with Crippen molar-refractivity contribution in [3.63, 3.8) is 0 Å². The second kappa shape index (κ2) is 9.13. The molecule has 0 bridgehead atoms. The van der Waals surface area contributed by atoms with Gasteiger partial charge in [-0.3, -0.25) is 0 Å². The second-order valence-corrected chi connectivity index (χ2v) is 6.13. The van der Waals surface area contributed by atoms with Gasteiger partial charge in [0.2, 0.25) is 11.5 Å². The van der Waals surface area contributed by atoms with Crippen LogP contribution < -0.4 is 9.47 Å². The molecule has 0 spiro atoms. The third kappa shape index (κ3) is 3.60. The first-order valence-electron chi connectivity index (χ1n) is 9.85. The van der Waals surface area contributed by atoms with Crippen LogP contribution in [0.1, 0.15) is 39.0 Å². The quantitative estimate of drug-likeness (QED) is 0.432. The highest BCUT2D eigenvalue weighted by atomic mass is 16.7. The molecule has 0 aliphatic heterocycles. The van der Waals surface area contributed by atoms with Crippen LogP contribution in [0.25, 0.3) is 10.8 Å². The van der Waals surface area contributed by atoms with Gasteiger partial charge in [0.25, 0.3) is 5.79 Å². The highest BCUT2D eigenvalue weighted by Gasteiger charge is 2.45. The molecule has 0 saturated heterocycles. The van der Waals surface area contributed by atoms with Crippen LogP contribution in [0.3, 0.4) is 0 Å². The molecule has 2 aromatic carbocycles.